The van der Waals surface area contributed by atoms with Crippen LogP contribution >= 0.6 is 0 Å². The number of benzene rings is 1. The minimum absolute atomic E-state index is 0.0205. The summed E-state index contributed by atoms with van der Waals surface area (Å²) in [7, 11) is 0. The zero-order valence-corrected chi connectivity index (χ0v) is 11.5. The average molecular weight is 276 g/mol. The molecule has 0 saturated carbocycles. The van der Waals surface area contributed by atoms with E-state index in [4.69, 9.17) is 4.74 Å². The number of nitrogens with zero attached hydrogens (tertiary/aromatic N) is 1. The predicted molar refractivity (Wildman–Crippen MR) is 75.4 cm³/mol. The highest BCUT2D eigenvalue weighted by molar-refractivity contribution is 5.78. The number of carbonyl (C=O) groups is 2. The molecule has 1 aliphatic heterocycles. The van der Waals surface area contributed by atoms with Gasteiger partial charge in [-0.1, -0.05) is 18.2 Å². The minimum Gasteiger partial charge on any atom is -0.484 e. The standard InChI is InChI=1S/C15H20N2O3/c18-14(12-20-13-6-2-1-3-7-13)16-9-5-11-17-10-4-8-15(17)19/h1-3,6-7H,4-5,8-12H2,(H,16,18). The fraction of sp³-hybridized carbons (Fsp3) is 0.467. The minimum atomic E-state index is -0.137. The van der Waals surface area contributed by atoms with Crippen LogP contribution in [0.5, 0.6) is 5.75 Å². The fourth-order valence-electron chi connectivity index (χ4n) is 2.15. The molecule has 2 amide bonds. The zero-order valence-electron chi connectivity index (χ0n) is 11.5. The second kappa shape index (κ2) is 7.53. The van der Waals surface area contributed by atoms with E-state index >= 15 is 0 Å². The number of carbonyl (C=O) groups excluding carboxylic acids is 2. The van der Waals surface area contributed by atoms with Crippen molar-refractivity contribution in [1.29, 1.82) is 0 Å². The molecule has 20 heavy (non-hydrogen) atoms. The summed E-state index contributed by atoms with van der Waals surface area (Å²) in [6.45, 7) is 2.16. The maximum Gasteiger partial charge on any atom is 0.257 e. The van der Waals surface area contributed by atoms with Crippen molar-refractivity contribution in [2.75, 3.05) is 26.2 Å². The number of likely N-dealkylation sites (tertiary alicyclic amines) is 1. The number of rotatable bonds is 7. The Morgan fingerprint density at radius 3 is 2.80 bits per heavy atom. The molecule has 0 unspecified atom stereocenters. The van der Waals surface area contributed by atoms with Crippen molar-refractivity contribution in [3.8, 4) is 5.75 Å². The van der Waals surface area contributed by atoms with Crippen molar-refractivity contribution in [2.24, 2.45) is 0 Å². The SMILES string of the molecule is O=C(COc1ccccc1)NCCCN1CCCC1=O. The quantitative estimate of drug-likeness (QED) is 0.761. The van der Waals surface area contributed by atoms with Crippen molar-refractivity contribution in [3.05, 3.63) is 30.3 Å². The Balaban J connectivity index is 1.55. The van der Waals surface area contributed by atoms with E-state index in [2.05, 4.69) is 5.32 Å². The summed E-state index contributed by atoms with van der Waals surface area (Å²) >= 11 is 0. The van der Waals surface area contributed by atoms with E-state index in [-0.39, 0.29) is 18.4 Å². The highest BCUT2D eigenvalue weighted by atomic mass is 16.5. The molecule has 0 radical (unpaired) electrons. The van der Waals surface area contributed by atoms with Crippen LogP contribution in [0, 0.1) is 0 Å². The van der Waals surface area contributed by atoms with Gasteiger partial charge in [0.15, 0.2) is 6.61 Å². The largest absolute Gasteiger partial charge is 0.484 e. The van der Waals surface area contributed by atoms with Gasteiger partial charge in [-0.05, 0) is 25.0 Å². The second-order valence-corrected chi connectivity index (χ2v) is 4.79. The number of hydrogen-bond donors (Lipinski definition) is 1. The molecule has 1 aliphatic rings. The van der Waals surface area contributed by atoms with E-state index in [0.717, 1.165) is 25.9 Å². The number of ether oxygens (including phenoxy) is 1. The molecular weight excluding hydrogens is 256 g/mol. The van der Waals surface area contributed by atoms with Crippen molar-refractivity contribution < 1.29 is 14.3 Å². The summed E-state index contributed by atoms with van der Waals surface area (Å²) in [4.78, 5) is 24.8. The zero-order chi connectivity index (χ0) is 14.2. The van der Waals surface area contributed by atoms with Gasteiger partial charge in [-0.15, -0.1) is 0 Å². The lowest BCUT2D eigenvalue weighted by Gasteiger charge is -2.15. The molecule has 0 aliphatic carbocycles. The van der Waals surface area contributed by atoms with E-state index in [9.17, 15) is 9.59 Å². The van der Waals surface area contributed by atoms with Gasteiger partial charge >= 0.3 is 0 Å². The average Bonchev–Trinajstić information content (AvgIpc) is 2.88. The molecule has 1 aromatic rings. The van der Waals surface area contributed by atoms with Crippen molar-refractivity contribution in [1.82, 2.24) is 10.2 Å². The molecule has 0 aromatic heterocycles. The van der Waals surface area contributed by atoms with Crippen LogP contribution in [0.2, 0.25) is 0 Å². The Morgan fingerprint density at radius 1 is 1.30 bits per heavy atom. The maximum atomic E-state index is 11.6. The molecule has 0 atom stereocenters. The Bertz CT molecular complexity index is 448. The summed E-state index contributed by atoms with van der Waals surface area (Å²) < 4.78 is 5.34. The maximum absolute atomic E-state index is 11.6. The highest BCUT2D eigenvalue weighted by Gasteiger charge is 2.18. The summed E-state index contributed by atoms with van der Waals surface area (Å²) in [5, 5.41) is 2.79. The van der Waals surface area contributed by atoms with E-state index in [1.807, 2.05) is 35.2 Å². The van der Waals surface area contributed by atoms with E-state index in [1.165, 1.54) is 0 Å². The first-order valence-corrected chi connectivity index (χ1v) is 6.98. The van der Waals surface area contributed by atoms with Crippen molar-refractivity contribution in [3.63, 3.8) is 0 Å². The van der Waals surface area contributed by atoms with Gasteiger partial charge in [0.25, 0.3) is 5.91 Å². The normalized spacial score (nSPS) is 14.4. The molecular formula is C15H20N2O3. The van der Waals surface area contributed by atoms with Crippen LogP contribution in [0.15, 0.2) is 30.3 Å². The number of nitrogens with one attached hydrogen (secondary N) is 1. The number of para-hydroxylation sites is 1. The Morgan fingerprint density at radius 2 is 2.10 bits per heavy atom. The molecule has 1 heterocycles. The van der Waals surface area contributed by atoms with Crippen LogP contribution in [0.3, 0.4) is 0 Å². The van der Waals surface area contributed by atoms with E-state index in [0.29, 0.717) is 18.7 Å². The van der Waals surface area contributed by atoms with Gasteiger partial charge in [0.05, 0.1) is 0 Å². The summed E-state index contributed by atoms with van der Waals surface area (Å²) in [6, 6.07) is 9.24. The Labute approximate surface area is 118 Å². The molecule has 5 heteroatoms. The molecule has 108 valence electrons. The van der Waals surface area contributed by atoms with Gasteiger partial charge in [-0.2, -0.15) is 0 Å². The van der Waals surface area contributed by atoms with Gasteiger partial charge in [0, 0.05) is 26.1 Å². The molecule has 1 saturated heterocycles. The highest BCUT2D eigenvalue weighted by Crippen LogP contribution is 2.09. The Kier molecular flexibility index (Phi) is 5.41. The van der Waals surface area contributed by atoms with Gasteiger partial charge in [0.1, 0.15) is 5.75 Å². The molecule has 1 fully saturated rings. The first-order chi connectivity index (χ1) is 9.75. The van der Waals surface area contributed by atoms with Crippen molar-refractivity contribution in [2.45, 2.75) is 19.3 Å². The van der Waals surface area contributed by atoms with Gasteiger partial charge in [-0.25, -0.2) is 0 Å². The van der Waals surface area contributed by atoms with E-state index in [1.54, 1.807) is 0 Å². The smallest absolute Gasteiger partial charge is 0.257 e. The monoisotopic (exact) mass is 276 g/mol. The van der Waals surface area contributed by atoms with Crippen molar-refractivity contribution >= 4 is 11.8 Å². The topological polar surface area (TPSA) is 58.6 Å². The predicted octanol–water partition coefficient (Wildman–Crippen LogP) is 1.19. The summed E-state index contributed by atoms with van der Waals surface area (Å²) in [6.07, 6.45) is 2.40. The van der Waals surface area contributed by atoms with Crippen LogP contribution in [-0.2, 0) is 9.59 Å². The number of hydrogen-bond acceptors (Lipinski definition) is 3. The molecule has 1 N–H and O–H groups in total. The third kappa shape index (κ3) is 4.57. The lowest BCUT2D eigenvalue weighted by atomic mass is 10.3. The van der Waals surface area contributed by atoms with E-state index < -0.39 is 0 Å². The molecule has 0 bridgehead atoms. The van der Waals surface area contributed by atoms with Gasteiger partial charge in [0.2, 0.25) is 5.91 Å². The fourth-order valence-corrected chi connectivity index (χ4v) is 2.15. The number of amides is 2. The van der Waals surface area contributed by atoms with Crippen LogP contribution in [0.25, 0.3) is 0 Å². The third-order valence-corrected chi connectivity index (χ3v) is 3.21. The molecule has 1 aromatic carbocycles. The lowest BCUT2D eigenvalue weighted by molar-refractivity contribution is -0.127. The van der Waals surface area contributed by atoms with Crippen LogP contribution in [-0.4, -0.2) is 43.0 Å². The Hall–Kier alpha value is -2.04. The first kappa shape index (κ1) is 14.4. The lowest BCUT2D eigenvalue weighted by Crippen LogP contribution is -2.33. The summed E-state index contributed by atoms with van der Waals surface area (Å²) in [5.74, 6) is 0.774. The van der Waals surface area contributed by atoms with Gasteiger partial charge < -0.3 is 15.0 Å². The molecule has 0 spiro atoms. The van der Waals surface area contributed by atoms with Crippen LogP contribution in [0.4, 0.5) is 0 Å². The first-order valence-electron chi connectivity index (χ1n) is 6.98. The third-order valence-electron chi connectivity index (χ3n) is 3.21. The van der Waals surface area contributed by atoms with Crippen LogP contribution in [0.1, 0.15) is 19.3 Å². The van der Waals surface area contributed by atoms with Gasteiger partial charge in [-0.3, -0.25) is 9.59 Å². The molecule has 5 nitrogen and oxygen atoms in total. The second-order valence-electron chi connectivity index (χ2n) is 4.79. The van der Waals surface area contributed by atoms with Crippen LogP contribution < -0.4 is 10.1 Å². The summed E-state index contributed by atoms with van der Waals surface area (Å²) in [5.41, 5.74) is 0. The molecule has 2 rings (SSSR count).